The lowest BCUT2D eigenvalue weighted by Gasteiger charge is -2.24. The molecule has 0 saturated carbocycles. The van der Waals surface area contributed by atoms with E-state index in [2.05, 4.69) is 10.6 Å². The number of carbonyl (C=O) groups is 2. The maximum absolute atomic E-state index is 12.7. The van der Waals surface area contributed by atoms with Crippen LogP contribution in [-0.4, -0.2) is 25.5 Å². The third kappa shape index (κ3) is 5.59. The number of likely N-dealkylation sites (N-methyl/N-ethyl adjacent to an activating group) is 1. The van der Waals surface area contributed by atoms with Crippen molar-refractivity contribution in [2.45, 2.75) is 19.5 Å². The number of benzene rings is 2. The van der Waals surface area contributed by atoms with Crippen LogP contribution in [-0.2, 0) is 11.3 Å². The van der Waals surface area contributed by atoms with E-state index < -0.39 is 12.1 Å². The van der Waals surface area contributed by atoms with E-state index in [-0.39, 0.29) is 5.91 Å². The third-order valence-electron chi connectivity index (χ3n) is 3.83. The van der Waals surface area contributed by atoms with Crippen LogP contribution >= 0.6 is 11.6 Å². The highest BCUT2D eigenvalue weighted by molar-refractivity contribution is 6.30. The Balaban J connectivity index is 2.21. The summed E-state index contributed by atoms with van der Waals surface area (Å²) in [5, 5.41) is 5.66. The first-order valence-corrected chi connectivity index (χ1v) is 8.59. The van der Waals surface area contributed by atoms with E-state index in [1.807, 2.05) is 61.6 Å². The third-order valence-corrected chi connectivity index (χ3v) is 4.07. The highest BCUT2D eigenvalue weighted by Crippen LogP contribution is 2.12. The fraction of sp³-hybridized carbons (Fsp3) is 0.263. The zero-order valence-electron chi connectivity index (χ0n) is 14.4. The van der Waals surface area contributed by atoms with Gasteiger partial charge in [-0.3, -0.25) is 10.1 Å². The first-order chi connectivity index (χ1) is 12.0. The number of imide groups is 1. The number of hydrogen-bond donors (Lipinski definition) is 3. The normalized spacial score (nSPS) is 12.9. The number of quaternary nitrogens is 1. The Morgan fingerprint density at radius 2 is 1.84 bits per heavy atom. The lowest BCUT2D eigenvalue weighted by molar-refractivity contribution is -0.916. The molecule has 0 aliphatic rings. The van der Waals surface area contributed by atoms with E-state index in [0.29, 0.717) is 18.1 Å². The van der Waals surface area contributed by atoms with Gasteiger partial charge >= 0.3 is 6.03 Å². The van der Waals surface area contributed by atoms with Gasteiger partial charge in [0.2, 0.25) is 0 Å². The van der Waals surface area contributed by atoms with Crippen molar-refractivity contribution in [3.63, 3.8) is 0 Å². The number of rotatable bonds is 6. The molecule has 132 valence electrons. The number of halogens is 1. The van der Waals surface area contributed by atoms with E-state index in [0.717, 1.165) is 16.0 Å². The van der Waals surface area contributed by atoms with Crippen molar-refractivity contribution < 1.29 is 14.5 Å². The number of amides is 3. The molecule has 5 nitrogen and oxygen atoms in total. The molecule has 0 fully saturated rings. The molecule has 6 heteroatoms. The van der Waals surface area contributed by atoms with Crippen molar-refractivity contribution >= 4 is 23.5 Å². The number of carbonyl (C=O) groups excluding carboxylic acids is 2. The second kappa shape index (κ2) is 9.20. The highest BCUT2D eigenvalue weighted by atomic mass is 35.5. The first kappa shape index (κ1) is 19.0. The van der Waals surface area contributed by atoms with Crippen LogP contribution in [0, 0.1) is 0 Å². The largest absolute Gasteiger partial charge is 0.338 e. The maximum Gasteiger partial charge on any atom is 0.321 e. The smallest absolute Gasteiger partial charge is 0.321 e. The molecule has 2 aromatic rings. The van der Waals surface area contributed by atoms with Crippen molar-refractivity contribution in [1.29, 1.82) is 0 Å². The zero-order valence-corrected chi connectivity index (χ0v) is 15.1. The van der Waals surface area contributed by atoms with Gasteiger partial charge in [0.25, 0.3) is 5.91 Å². The van der Waals surface area contributed by atoms with Crippen LogP contribution in [0.4, 0.5) is 4.79 Å². The van der Waals surface area contributed by atoms with Crippen LogP contribution < -0.4 is 15.5 Å². The van der Waals surface area contributed by atoms with Crippen molar-refractivity contribution in [1.82, 2.24) is 10.6 Å². The lowest BCUT2D eigenvalue weighted by atomic mass is 10.0. The second-order valence-electron chi connectivity index (χ2n) is 5.85. The minimum atomic E-state index is -0.511. The van der Waals surface area contributed by atoms with Crippen molar-refractivity contribution in [2.75, 3.05) is 13.6 Å². The van der Waals surface area contributed by atoms with Gasteiger partial charge in [0, 0.05) is 22.7 Å². The van der Waals surface area contributed by atoms with Gasteiger partial charge in [0.15, 0.2) is 6.04 Å². The second-order valence-corrected chi connectivity index (χ2v) is 6.28. The van der Waals surface area contributed by atoms with Gasteiger partial charge in [-0.1, -0.05) is 54.1 Å². The molecule has 0 bridgehead atoms. The van der Waals surface area contributed by atoms with E-state index in [9.17, 15) is 9.59 Å². The Labute approximate surface area is 153 Å². The average Bonchev–Trinajstić information content (AvgIpc) is 2.56. The Hall–Kier alpha value is -2.37. The van der Waals surface area contributed by atoms with Gasteiger partial charge < -0.3 is 10.2 Å². The minimum Gasteiger partial charge on any atom is -0.338 e. The summed E-state index contributed by atoms with van der Waals surface area (Å²) in [6.07, 6.45) is 0. The molecule has 0 saturated heterocycles. The quantitative estimate of drug-likeness (QED) is 0.737. The van der Waals surface area contributed by atoms with Gasteiger partial charge in [-0.15, -0.1) is 0 Å². The summed E-state index contributed by atoms with van der Waals surface area (Å²) >= 11 is 6.05. The molecule has 2 aromatic carbocycles. The summed E-state index contributed by atoms with van der Waals surface area (Å²) in [7, 11) is 1.93. The molecule has 1 unspecified atom stereocenters. The van der Waals surface area contributed by atoms with Crippen LogP contribution in [0.3, 0.4) is 0 Å². The molecule has 0 aliphatic heterocycles. The summed E-state index contributed by atoms with van der Waals surface area (Å²) in [4.78, 5) is 25.4. The Morgan fingerprint density at radius 3 is 2.48 bits per heavy atom. The van der Waals surface area contributed by atoms with Gasteiger partial charge in [0.1, 0.15) is 6.54 Å². The van der Waals surface area contributed by atoms with Crippen molar-refractivity contribution in [3.05, 3.63) is 70.7 Å². The monoisotopic (exact) mass is 360 g/mol. The zero-order chi connectivity index (χ0) is 18.2. The van der Waals surface area contributed by atoms with E-state index in [4.69, 9.17) is 11.6 Å². The molecular formula is C19H23ClN3O2+. The SMILES string of the molecule is CCNC(=O)NC(=O)[C@@H](c1ccccc1)[NH+](C)Cc1cccc(Cl)c1. The summed E-state index contributed by atoms with van der Waals surface area (Å²) < 4.78 is 0. The molecule has 2 atom stereocenters. The standard InChI is InChI=1S/C19H22ClN3O2/c1-3-21-19(25)22-18(24)17(15-9-5-4-6-10-15)23(2)13-14-8-7-11-16(20)12-14/h4-12,17H,3,13H2,1-2H3,(H2,21,22,24,25)/p+1/t17-/m1/s1. The van der Waals surface area contributed by atoms with Crippen LogP contribution in [0.1, 0.15) is 24.1 Å². The molecule has 3 amide bonds. The van der Waals surface area contributed by atoms with Gasteiger partial charge in [0.05, 0.1) is 7.05 Å². The molecule has 3 N–H and O–H groups in total. The fourth-order valence-corrected chi connectivity index (χ4v) is 2.98. The van der Waals surface area contributed by atoms with Crippen LogP contribution in [0.2, 0.25) is 5.02 Å². The van der Waals surface area contributed by atoms with Crippen molar-refractivity contribution in [2.24, 2.45) is 0 Å². The summed E-state index contributed by atoms with van der Waals surface area (Å²) in [6, 6.07) is 16.0. The van der Waals surface area contributed by atoms with Gasteiger partial charge in [-0.25, -0.2) is 4.79 Å². The molecule has 0 aromatic heterocycles. The minimum absolute atomic E-state index is 0.336. The Morgan fingerprint density at radius 1 is 1.12 bits per heavy atom. The molecule has 0 aliphatic carbocycles. The van der Waals surface area contributed by atoms with Gasteiger partial charge in [-0.05, 0) is 19.1 Å². The number of urea groups is 1. The highest BCUT2D eigenvalue weighted by Gasteiger charge is 2.30. The molecule has 0 spiro atoms. The maximum atomic E-state index is 12.7. The number of hydrogen-bond acceptors (Lipinski definition) is 2. The van der Waals surface area contributed by atoms with E-state index in [1.165, 1.54) is 0 Å². The topological polar surface area (TPSA) is 62.6 Å². The van der Waals surface area contributed by atoms with E-state index in [1.54, 1.807) is 6.92 Å². The summed E-state index contributed by atoms with van der Waals surface area (Å²) in [6.45, 7) is 2.86. The van der Waals surface area contributed by atoms with Crippen LogP contribution in [0.25, 0.3) is 0 Å². The number of nitrogens with one attached hydrogen (secondary N) is 3. The van der Waals surface area contributed by atoms with Gasteiger partial charge in [-0.2, -0.15) is 0 Å². The average molecular weight is 361 g/mol. The Kier molecular flexibility index (Phi) is 6.98. The summed E-state index contributed by atoms with van der Waals surface area (Å²) in [5.41, 5.74) is 1.88. The lowest BCUT2D eigenvalue weighted by Crippen LogP contribution is -3.09. The molecule has 0 radical (unpaired) electrons. The molecular weight excluding hydrogens is 338 g/mol. The van der Waals surface area contributed by atoms with E-state index >= 15 is 0 Å². The predicted molar refractivity (Wildman–Crippen MR) is 98.4 cm³/mol. The molecule has 0 heterocycles. The van der Waals surface area contributed by atoms with Crippen LogP contribution in [0.15, 0.2) is 54.6 Å². The fourth-order valence-electron chi connectivity index (χ4n) is 2.76. The molecule has 2 rings (SSSR count). The predicted octanol–water partition coefficient (Wildman–Crippen LogP) is 1.94. The summed E-state index contributed by atoms with van der Waals surface area (Å²) in [5.74, 6) is -0.336. The van der Waals surface area contributed by atoms with Crippen molar-refractivity contribution in [3.8, 4) is 0 Å². The Bertz CT molecular complexity index is 722. The first-order valence-electron chi connectivity index (χ1n) is 8.21. The molecule has 25 heavy (non-hydrogen) atoms. The van der Waals surface area contributed by atoms with Crippen LogP contribution in [0.5, 0.6) is 0 Å².